The molecule has 19 heavy (non-hydrogen) atoms. The Bertz CT molecular complexity index is 365. The monoisotopic (exact) mass is 292 g/mol. The number of hydrogen-bond donors (Lipinski definition) is 2. The summed E-state index contributed by atoms with van der Waals surface area (Å²) in [7, 11) is 0. The maximum absolute atomic E-state index is 12.4. The van der Waals surface area contributed by atoms with Crippen LogP contribution in [0.4, 0.5) is 13.2 Å². The summed E-state index contributed by atoms with van der Waals surface area (Å²) in [6.07, 6.45) is -2.55. The van der Waals surface area contributed by atoms with E-state index < -0.39 is 11.7 Å². The van der Waals surface area contributed by atoms with Crippen molar-refractivity contribution in [1.29, 1.82) is 0 Å². The summed E-state index contributed by atoms with van der Waals surface area (Å²) >= 11 is 1.79. The van der Waals surface area contributed by atoms with E-state index in [1.54, 1.807) is 11.8 Å². The molecular weight excluding hydrogens is 273 g/mol. The van der Waals surface area contributed by atoms with Gasteiger partial charge in [0.1, 0.15) is 0 Å². The molecular formula is C13H19F3N2S. The Labute approximate surface area is 115 Å². The van der Waals surface area contributed by atoms with E-state index in [9.17, 15) is 13.2 Å². The van der Waals surface area contributed by atoms with Crippen LogP contribution in [-0.2, 0) is 12.6 Å². The standard InChI is InChI=1S/C13H19F3N2S/c1-2-7-19-9-12(18-17)8-10-3-5-11(6-4-10)13(14,15)16/h3-6,12,18H,2,7-9,17H2,1H3. The fourth-order valence-corrected chi connectivity index (χ4v) is 2.60. The molecule has 2 nitrogen and oxygen atoms in total. The van der Waals surface area contributed by atoms with Crippen molar-refractivity contribution in [3.63, 3.8) is 0 Å². The highest BCUT2D eigenvalue weighted by Crippen LogP contribution is 2.29. The number of rotatable bonds is 7. The number of benzene rings is 1. The van der Waals surface area contributed by atoms with Crippen molar-refractivity contribution in [2.24, 2.45) is 5.84 Å². The van der Waals surface area contributed by atoms with Crippen molar-refractivity contribution < 1.29 is 13.2 Å². The van der Waals surface area contributed by atoms with Gasteiger partial charge in [0.05, 0.1) is 5.56 Å². The fraction of sp³-hybridized carbons (Fsp3) is 0.538. The van der Waals surface area contributed by atoms with Gasteiger partial charge in [-0.15, -0.1) is 0 Å². The SMILES string of the molecule is CCCSCC(Cc1ccc(C(F)(F)F)cc1)NN. The van der Waals surface area contributed by atoms with Crippen molar-refractivity contribution in [1.82, 2.24) is 5.43 Å². The van der Waals surface area contributed by atoms with E-state index in [4.69, 9.17) is 5.84 Å². The first kappa shape index (κ1) is 16.3. The Kier molecular flexibility index (Phi) is 6.68. The topological polar surface area (TPSA) is 38.0 Å². The van der Waals surface area contributed by atoms with Crippen LogP contribution in [0, 0.1) is 0 Å². The van der Waals surface area contributed by atoms with Crippen molar-refractivity contribution in [3.8, 4) is 0 Å². The molecule has 0 radical (unpaired) electrons. The Morgan fingerprint density at radius 1 is 1.26 bits per heavy atom. The average molecular weight is 292 g/mol. The zero-order valence-electron chi connectivity index (χ0n) is 10.8. The van der Waals surface area contributed by atoms with E-state index in [1.165, 1.54) is 12.1 Å². The molecule has 0 aromatic heterocycles. The summed E-state index contributed by atoms with van der Waals surface area (Å²) in [4.78, 5) is 0. The first-order chi connectivity index (χ1) is 8.97. The van der Waals surface area contributed by atoms with Crippen LogP contribution in [0.15, 0.2) is 24.3 Å². The summed E-state index contributed by atoms with van der Waals surface area (Å²) in [6, 6.07) is 5.33. The van der Waals surface area contributed by atoms with Crippen LogP contribution in [-0.4, -0.2) is 17.5 Å². The van der Waals surface area contributed by atoms with Crippen molar-refractivity contribution >= 4 is 11.8 Å². The molecule has 3 N–H and O–H groups in total. The third-order valence-corrected chi connectivity index (χ3v) is 4.00. The van der Waals surface area contributed by atoms with Crippen LogP contribution in [0.2, 0.25) is 0 Å². The van der Waals surface area contributed by atoms with Gasteiger partial charge < -0.3 is 0 Å². The van der Waals surface area contributed by atoms with Crippen molar-refractivity contribution in [2.75, 3.05) is 11.5 Å². The Balaban J connectivity index is 2.55. The molecule has 108 valence electrons. The van der Waals surface area contributed by atoms with Gasteiger partial charge in [-0.25, -0.2) is 0 Å². The number of thioether (sulfide) groups is 1. The number of nitrogens with one attached hydrogen (secondary N) is 1. The molecule has 0 aliphatic heterocycles. The van der Waals surface area contributed by atoms with Gasteiger partial charge in [-0.1, -0.05) is 19.1 Å². The maximum atomic E-state index is 12.4. The van der Waals surface area contributed by atoms with Crippen LogP contribution in [0.25, 0.3) is 0 Å². The molecule has 0 amide bonds. The summed E-state index contributed by atoms with van der Waals surface area (Å²) in [5.41, 5.74) is 2.95. The second-order valence-corrected chi connectivity index (χ2v) is 5.49. The number of hydrogen-bond acceptors (Lipinski definition) is 3. The molecule has 0 spiro atoms. The van der Waals surface area contributed by atoms with Gasteiger partial charge in [0, 0.05) is 11.8 Å². The van der Waals surface area contributed by atoms with Gasteiger partial charge in [-0.05, 0) is 36.3 Å². The molecule has 0 saturated heterocycles. The van der Waals surface area contributed by atoms with E-state index in [2.05, 4.69) is 12.3 Å². The van der Waals surface area contributed by atoms with Gasteiger partial charge in [-0.2, -0.15) is 24.9 Å². The van der Waals surface area contributed by atoms with Crippen LogP contribution >= 0.6 is 11.8 Å². The van der Waals surface area contributed by atoms with E-state index in [0.717, 1.165) is 35.6 Å². The summed E-state index contributed by atoms with van der Waals surface area (Å²) < 4.78 is 37.3. The Morgan fingerprint density at radius 2 is 1.89 bits per heavy atom. The first-order valence-electron chi connectivity index (χ1n) is 6.17. The minimum atomic E-state index is -4.28. The number of halogens is 3. The Morgan fingerprint density at radius 3 is 2.37 bits per heavy atom. The van der Waals surface area contributed by atoms with E-state index in [-0.39, 0.29) is 6.04 Å². The Hall–Kier alpha value is -0.720. The van der Waals surface area contributed by atoms with E-state index in [1.807, 2.05) is 0 Å². The molecule has 1 atom stereocenters. The number of alkyl halides is 3. The molecule has 0 aliphatic carbocycles. The molecule has 0 fully saturated rings. The van der Waals surface area contributed by atoms with Crippen LogP contribution < -0.4 is 11.3 Å². The summed E-state index contributed by atoms with van der Waals surface area (Å²) in [5.74, 6) is 7.37. The lowest BCUT2D eigenvalue weighted by atomic mass is 10.1. The fourth-order valence-electron chi connectivity index (χ4n) is 1.65. The van der Waals surface area contributed by atoms with Crippen molar-refractivity contribution in [2.45, 2.75) is 32.0 Å². The average Bonchev–Trinajstić information content (AvgIpc) is 2.37. The molecule has 6 heteroatoms. The molecule has 0 bridgehead atoms. The first-order valence-corrected chi connectivity index (χ1v) is 7.32. The second kappa shape index (κ2) is 7.77. The summed E-state index contributed by atoms with van der Waals surface area (Å²) in [6.45, 7) is 2.10. The van der Waals surface area contributed by atoms with Gasteiger partial charge in [0.25, 0.3) is 0 Å². The number of hydrazine groups is 1. The lowest BCUT2D eigenvalue weighted by molar-refractivity contribution is -0.137. The van der Waals surface area contributed by atoms with Gasteiger partial charge in [0.15, 0.2) is 0 Å². The molecule has 0 heterocycles. The zero-order valence-corrected chi connectivity index (χ0v) is 11.7. The summed E-state index contributed by atoms with van der Waals surface area (Å²) in [5, 5.41) is 0. The molecule has 1 rings (SSSR count). The second-order valence-electron chi connectivity index (χ2n) is 4.34. The lowest BCUT2D eigenvalue weighted by Crippen LogP contribution is -2.38. The zero-order chi connectivity index (χ0) is 14.3. The van der Waals surface area contributed by atoms with Crippen LogP contribution in [0.1, 0.15) is 24.5 Å². The lowest BCUT2D eigenvalue weighted by Gasteiger charge is -2.16. The van der Waals surface area contributed by atoms with Gasteiger partial charge in [-0.3, -0.25) is 11.3 Å². The molecule has 1 unspecified atom stereocenters. The largest absolute Gasteiger partial charge is 0.416 e. The highest BCUT2D eigenvalue weighted by Gasteiger charge is 2.29. The van der Waals surface area contributed by atoms with Crippen LogP contribution in [0.3, 0.4) is 0 Å². The maximum Gasteiger partial charge on any atom is 0.416 e. The third-order valence-electron chi connectivity index (χ3n) is 2.67. The normalized spacial score (nSPS) is 13.5. The molecule has 0 saturated carbocycles. The molecule has 1 aromatic rings. The van der Waals surface area contributed by atoms with E-state index >= 15 is 0 Å². The van der Waals surface area contributed by atoms with Crippen molar-refractivity contribution in [3.05, 3.63) is 35.4 Å². The predicted octanol–water partition coefficient (Wildman–Crippen LogP) is 3.22. The molecule has 1 aromatic carbocycles. The quantitative estimate of drug-likeness (QED) is 0.460. The number of nitrogens with two attached hydrogens (primary N) is 1. The van der Waals surface area contributed by atoms with Crippen LogP contribution in [0.5, 0.6) is 0 Å². The minimum Gasteiger partial charge on any atom is -0.271 e. The highest BCUT2D eigenvalue weighted by molar-refractivity contribution is 7.99. The predicted molar refractivity (Wildman–Crippen MR) is 73.9 cm³/mol. The minimum absolute atomic E-state index is 0.0771. The van der Waals surface area contributed by atoms with Gasteiger partial charge >= 0.3 is 6.18 Å². The van der Waals surface area contributed by atoms with Gasteiger partial charge in [0.2, 0.25) is 0 Å². The molecule has 0 aliphatic rings. The van der Waals surface area contributed by atoms with E-state index in [0.29, 0.717) is 6.42 Å². The third kappa shape index (κ3) is 5.84. The smallest absolute Gasteiger partial charge is 0.271 e. The highest BCUT2D eigenvalue weighted by atomic mass is 32.2.